The van der Waals surface area contributed by atoms with Crippen LogP contribution < -0.4 is 21.5 Å². The van der Waals surface area contributed by atoms with Gasteiger partial charge in [0.15, 0.2) is 10.2 Å². The van der Waals surface area contributed by atoms with Crippen LogP contribution in [0.3, 0.4) is 0 Å². The maximum absolute atomic E-state index is 12.6. The molecule has 21 heavy (non-hydrogen) atoms. The molecule has 1 aromatic carbocycles. The van der Waals surface area contributed by atoms with Gasteiger partial charge in [-0.1, -0.05) is 12.1 Å². The summed E-state index contributed by atoms with van der Waals surface area (Å²) >= 11 is 9.83. The van der Waals surface area contributed by atoms with Crippen LogP contribution in [0.5, 0.6) is 0 Å². The summed E-state index contributed by atoms with van der Waals surface area (Å²) in [4.78, 5) is 0. The highest BCUT2D eigenvalue weighted by Gasteiger charge is 2.30. The summed E-state index contributed by atoms with van der Waals surface area (Å²) < 4.78 is 37.7. The Kier molecular flexibility index (Phi) is 6.38. The summed E-state index contributed by atoms with van der Waals surface area (Å²) in [5, 5.41) is 5.76. The van der Waals surface area contributed by atoms with Gasteiger partial charge in [0.25, 0.3) is 0 Å². The van der Waals surface area contributed by atoms with Gasteiger partial charge in [-0.2, -0.15) is 13.2 Å². The molecule has 0 saturated carbocycles. The zero-order chi connectivity index (χ0) is 15.9. The fourth-order valence-corrected chi connectivity index (χ4v) is 1.56. The molecule has 0 fully saturated rings. The van der Waals surface area contributed by atoms with E-state index in [1.54, 1.807) is 6.08 Å². The number of hydrogen-bond acceptors (Lipinski definition) is 2. The highest BCUT2D eigenvalue weighted by Crippen LogP contribution is 2.30. The molecule has 1 rings (SSSR count). The normalized spacial score (nSPS) is 10.4. The first-order chi connectivity index (χ1) is 9.82. The first-order valence-electron chi connectivity index (χ1n) is 5.72. The number of hydrogen-bond donors (Lipinski definition) is 4. The largest absolute Gasteiger partial charge is 0.416 e. The number of thiocarbonyl (C=S) groups is 2. The highest BCUT2D eigenvalue weighted by atomic mass is 32.1. The van der Waals surface area contributed by atoms with E-state index in [1.807, 2.05) is 0 Å². The first-order valence-corrected chi connectivity index (χ1v) is 6.53. The molecule has 9 heteroatoms. The van der Waals surface area contributed by atoms with Gasteiger partial charge in [-0.25, -0.2) is 0 Å². The van der Waals surface area contributed by atoms with Gasteiger partial charge in [-0.15, -0.1) is 6.58 Å². The van der Waals surface area contributed by atoms with E-state index in [0.717, 1.165) is 12.1 Å². The number of nitrogens with one attached hydrogen (secondary N) is 4. The zero-order valence-corrected chi connectivity index (χ0v) is 12.4. The predicted molar refractivity (Wildman–Crippen MR) is 84.7 cm³/mol. The van der Waals surface area contributed by atoms with Gasteiger partial charge in [0.1, 0.15) is 0 Å². The lowest BCUT2D eigenvalue weighted by atomic mass is 10.2. The van der Waals surface area contributed by atoms with Crippen LogP contribution in [0, 0.1) is 0 Å². The quantitative estimate of drug-likeness (QED) is 0.387. The molecule has 4 N–H and O–H groups in total. The molecule has 0 atom stereocenters. The highest BCUT2D eigenvalue weighted by molar-refractivity contribution is 7.80. The van der Waals surface area contributed by atoms with Crippen molar-refractivity contribution in [3.63, 3.8) is 0 Å². The Morgan fingerprint density at radius 3 is 2.48 bits per heavy atom. The average molecular weight is 334 g/mol. The van der Waals surface area contributed by atoms with Crippen molar-refractivity contribution in [1.29, 1.82) is 0 Å². The molecule has 0 unspecified atom stereocenters. The van der Waals surface area contributed by atoms with Gasteiger partial charge in [0.05, 0.1) is 5.56 Å². The summed E-state index contributed by atoms with van der Waals surface area (Å²) in [7, 11) is 0. The Morgan fingerprint density at radius 1 is 1.19 bits per heavy atom. The van der Waals surface area contributed by atoms with E-state index in [-0.39, 0.29) is 15.9 Å². The Balaban J connectivity index is 2.52. The molecule has 0 saturated heterocycles. The fraction of sp³-hybridized carbons (Fsp3) is 0.167. The minimum absolute atomic E-state index is 0.0806. The van der Waals surface area contributed by atoms with Gasteiger partial charge >= 0.3 is 6.18 Å². The summed E-state index contributed by atoms with van der Waals surface area (Å²) in [5.41, 5.74) is 4.59. The second-order valence-electron chi connectivity index (χ2n) is 3.78. The number of rotatable bonds is 3. The fourth-order valence-electron chi connectivity index (χ4n) is 1.26. The molecule has 0 aliphatic heterocycles. The van der Waals surface area contributed by atoms with Crippen LogP contribution in [-0.2, 0) is 6.18 Å². The van der Waals surface area contributed by atoms with Gasteiger partial charge < -0.3 is 10.6 Å². The van der Waals surface area contributed by atoms with Crippen LogP contribution in [0.2, 0.25) is 0 Å². The first kappa shape index (κ1) is 17.2. The molecule has 0 aliphatic rings. The van der Waals surface area contributed by atoms with Gasteiger partial charge in [-0.3, -0.25) is 10.9 Å². The SMILES string of the molecule is C=CCNC(=S)NNC(=S)Nc1cccc(C(F)(F)F)c1. The number of alkyl halides is 3. The Hall–Kier alpha value is -1.87. The van der Waals surface area contributed by atoms with Crippen LogP contribution in [0.25, 0.3) is 0 Å². The summed E-state index contributed by atoms with van der Waals surface area (Å²) in [5.74, 6) is 0. The minimum Gasteiger partial charge on any atom is -0.358 e. The molecule has 0 aliphatic carbocycles. The number of halogens is 3. The second-order valence-corrected chi connectivity index (χ2v) is 4.60. The lowest BCUT2D eigenvalue weighted by molar-refractivity contribution is -0.137. The molecule has 4 nitrogen and oxygen atoms in total. The van der Waals surface area contributed by atoms with Crippen molar-refractivity contribution >= 4 is 40.3 Å². The van der Waals surface area contributed by atoms with Crippen molar-refractivity contribution in [3.8, 4) is 0 Å². The Bertz CT molecular complexity index is 531. The molecular formula is C12H13F3N4S2. The topological polar surface area (TPSA) is 48.1 Å². The van der Waals surface area contributed by atoms with Crippen LogP contribution in [0.4, 0.5) is 18.9 Å². The van der Waals surface area contributed by atoms with Gasteiger partial charge in [0.2, 0.25) is 0 Å². The van der Waals surface area contributed by atoms with Crippen molar-refractivity contribution < 1.29 is 13.2 Å². The summed E-state index contributed by atoms with van der Waals surface area (Å²) in [6, 6.07) is 4.70. The molecule has 0 amide bonds. The van der Waals surface area contributed by atoms with Crippen LogP contribution >= 0.6 is 24.4 Å². The molecule has 0 bridgehead atoms. The van der Waals surface area contributed by atoms with Crippen molar-refractivity contribution in [2.24, 2.45) is 0 Å². The monoisotopic (exact) mass is 334 g/mol. The minimum atomic E-state index is -4.40. The van der Waals surface area contributed by atoms with Crippen LogP contribution in [0.1, 0.15) is 5.56 Å². The van der Waals surface area contributed by atoms with Crippen molar-refractivity contribution in [2.75, 3.05) is 11.9 Å². The van der Waals surface area contributed by atoms with E-state index in [4.69, 9.17) is 24.4 Å². The standard InChI is InChI=1S/C12H13F3N4S2/c1-2-6-16-10(20)18-19-11(21)17-9-5-3-4-8(7-9)12(13,14)15/h2-5,7H,1,6H2,(H2,16,18,20)(H2,17,19,21). The van der Waals surface area contributed by atoms with E-state index in [2.05, 4.69) is 28.1 Å². The van der Waals surface area contributed by atoms with E-state index in [0.29, 0.717) is 6.54 Å². The van der Waals surface area contributed by atoms with E-state index in [9.17, 15) is 13.2 Å². The third-order valence-corrected chi connectivity index (χ3v) is 2.59. The zero-order valence-electron chi connectivity index (χ0n) is 10.8. The van der Waals surface area contributed by atoms with E-state index >= 15 is 0 Å². The van der Waals surface area contributed by atoms with Crippen LogP contribution in [0.15, 0.2) is 36.9 Å². The molecule has 114 valence electrons. The number of benzene rings is 1. The third kappa shape index (κ3) is 6.41. The number of anilines is 1. The predicted octanol–water partition coefficient (Wildman–Crippen LogP) is 2.56. The van der Waals surface area contributed by atoms with Crippen molar-refractivity contribution in [2.45, 2.75) is 6.18 Å². The van der Waals surface area contributed by atoms with Crippen LogP contribution in [-0.4, -0.2) is 16.8 Å². The molecule has 0 spiro atoms. The summed E-state index contributed by atoms with van der Waals surface area (Å²) in [6.45, 7) is 3.98. The molecule has 0 heterocycles. The Labute approximate surface area is 130 Å². The second kappa shape index (κ2) is 7.79. The molecule has 0 radical (unpaired) electrons. The molecular weight excluding hydrogens is 321 g/mol. The summed E-state index contributed by atoms with van der Waals surface area (Å²) in [6.07, 6.45) is -2.78. The lowest BCUT2D eigenvalue weighted by Gasteiger charge is -2.14. The van der Waals surface area contributed by atoms with Crippen molar-refractivity contribution in [1.82, 2.24) is 16.2 Å². The van der Waals surface area contributed by atoms with E-state index < -0.39 is 11.7 Å². The molecule has 1 aromatic rings. The van der Waals surface area contributed by atoms with Gasteiger partial charge in [0, 0.05) is 12.2 Å². The van der Waals surface area contributed by atoms with E-state index in [1.165, 1.54) is 12.1 Å². The molecule has 0 aromatic heterocycles. The maximum atomic E-state index is 12.6. The smallest absolute Gasteiger partial charge is 0.358 e. The lowest BCUT2D eigenvalue weighted by Crippen LogP contribution is -2.48. The Morgan fingerprint density at radius 2 is 1.86 bits per heavy atom. The third-order valence-electron chi connectivity index (χ3n) is 2.14. The average Bonchev–Trinajstić information content (AvgIpc) is 2.42. The maximum Gasteiger partial charge on any atom is 0.416 e. The van der Waals surface area contributed by atoms with Gasteiger partial charge in [-0.05, 0) is 42.6 Å². The van der Waals surface area contributed by atoms with Crippen molar-refractivity contribution in [3.05, 3.63) is 42.5 Å². The number of hydrazine groups is 1.